The number of piperidine rings is 1. The maximum absolute atomic E-state index is 2.60. The fourth-order valence-electron chi connectivity index (χ4n) is 2.63. The van der Waals surface area contributed by atoms with Gasteiger partial charge in [0.25, 0.3) is 0 Å². The Kier molecular flexibility index (Phi) is 3.17. The highest BCUT2D eigenvalue weighted by molar-refractivity contribution is 7.19. The zero-order valence-corrected chi connectivity index (χ0v) is 11.2. The minimum absolute atomic E-state index is 1.15. The molecule has 0 amide bonds. The summed E-state index contributed by atoms with van der Waals surface area (Å²) in [7, 11) is 0. The van der Waals surface area contributed by atoms with E-state index < -0.39 is 0 Å². The third kappa shape index (κ3) is 2.53. The highest BCUT2D eigenvalue weighted by Crippen LogP contribution is 2.28. The van der Waals surface area contributed by atoms with Crippen LogP contribution in [0.2, 0.25) is 0 Å². The summed E-state index contributed by atoms with van der Waals surface area (Å²) in [4.78, 5) is 4.12. The van der Waals surface area contributed by atoms with Gasteiger partial charge in [-0.25, -0.2) is 0 Å². The second-order valence-corrected chi connectivity index (χ2v) is 6.26. The highest BCUT2D eigenvalue weighted by Gasteiger charge is 2.11. The van der Waals surface area contributed by atoms with E-state index in [1.807, 2.05) is 11.3 Å². The number of likely N-dealkylation sites (tertiary alicyclic amines) is 1. The van der Waals surface area contributed by atoms with Crippen molar-refractivity contribution in [3.05, 3.63) is 34.7 Å². The van der Waals surface area contributed by atoms with E-state index in [-0.39, 0.29) is 0 Å². The molecule has 1 saturated heterocycles. The van der Waals surface area contributed by atoms with Crippen LogP contribution in [0.1, 0.15) is 29.7 Å². The van der Waals surface area contributed by atoms with Crippen LogP contribution in [0.5, 0.6) is 0 Å². The van der Waals surface area contributed by atoms with Gasteiger partial charge < -0.3 is 0 Å². The molecule has 0 radical (unpaired) electrons. The molecule has 0 unspecified atom stereocenters. The maximum Gasteiger partial charge on any atom is 0.0346 e. The summed E-state index contributed by atoms with van der Waals surface area (Å²) in [5.41, 5.74) is 1.36. The van der Waals surface area contributed by atoms with E-state index in [0.29, 0.717) is 0 Å². The second kappa shape index (κ2) is 4.79. The molecular formula is C15H19NS. The molecule has 1 aromatic heterocycles. The fraction of sp³-hybridized carbons (Fsp3) is 0.467. The maximum atomic E-state index is 2.60. The molecule has 2 heterocycles. The lowest BCUT2D eigenvalue weighted by atomic mass is 10.1. The van der Waals surface area contributed by atoms with Gasteiger partial charge in [-0.15, -0.1) is 11.3 Å². The summed E-state index contributed by atoms with van der Waals surface area (Å²) in [5.74, 6) is 0. The van der Waals surface area contributed by atoms with Gasteiger partial charge in [0.1, 0.15) is 0 Å². The number of hydrogen-bond acceptors (Lipinski definition) is 2. The van der Waals surface area contributed by atoms with Crippen molar-refractivity contribution in [2.24, 2.45) is 0 Å². The Labute approximate surface area is 107 Å². The standard InChI is InChI=1S/C15H19NS/c1-12-5-6-15-13(9-12)10-14(17-15)11-16-7-3-2-4-8-16/h5-6,9-10H,2-4,7-8,11H2,1H3. The Bertz CT molecular complexity index is 509. The average Bonchev–Trinajstić information content (AvgIpc) is 2.71. The van der Waals surface area contributed by atoms with Crippen LogP contribution in [0.3, 0.4) is 0 Å². The van der Waals surface area contributed by atoms with Gasteiger partial charge in [0.05, 0.1) is 0 Å². The molecule has 2 aromatic rings. The molecular weight excluding hydrogens is 226 g/mol. The van der Waals surface area contributed by atoms with Crippen molar-refractivity contribution in [3.8, 4) is 0 Å². The largest absolute Gasteiger partial charge is 0.298 e. The van der Waals surface area contributed by atoms with E-state index in [1.165, 1.54) is 52.9 Å². The van der Waals surface area contributed by atoms with Crippen molar-refractivity contribution >= 4 is 21.4 Å². The van der Waals surface area contributed by atoms with Gasteiger partial charge in [0.2, 0.25) is 0 Å². The van der Waals surface area contributed by atoms with Crippen molar-refractivity contribution in [1.29, 1.82) is 0 Å². The monoisotopic (exact) mass is 245 g/mol. The predicted molar refractivity (Wildman–Crippen MR) is 75.7 cm³/mol. The van der Waals surface area contributed by atoms with Crippen LogP contribution in [0.25, 0.3) is 10.1 Å². The number of thiophene rings is 1. The summed E-state index contributed by atoms with van der Waals surface area (Å²) in [5, 5.41) is 1.42. The number of fused-ring (bicyclic) bond motifs is 1. The molecule has 0 saturated carbocycles. The van der Waals surface area contributed by atoms with Crippen molar-refractivity contribution in [2.45, 2.75) is 32.7 Å². The van der Waals surface area contributed by atoms with Crippen LogP contribution in [0.4, 0.5) is 0 Å². The van der Waals surface area contributed by atoms with E-state index in [0.717, 1.165) is 6.54 Å². The molecule has 1 nitrogen and oxygen atoms in total. The number of hydrogen-bond donors (Lipinski definition) is 0. The zero-order chi connectivity index (χ0) is 11.7. The third-order valence-electron chi connectivity index (χ3n) is 3.55. The smallest absolute Gasteiger partial charge is 0.0346 e. The van der Waals surface area contributed by atoms with Gasteiger partial charge in [0.15, 0.2) is 0 Å². The van der Waals surface area contributed by atoms with Crippen LogP contribution in [-0.4, -0.2) is 18.0 Å². The van der Waals surface area contributed by atoms with E-state index >= 15 is 0 Å². The summed E-state index contributed by atoms with van der Waals surface area (Å²) in [6, 6.07) is 9.14. The van der Waals surface area contributed by atoms with E-state index in [2.05, 4.69) is 36.1 Å². The number of nitrogens with zero attached hydrogens (tertiary/aromatic N) is 1. The molecule has 0 spiro atoms. The minimum Gasteiger partial charge on any atom is -0.298 e. The van der Waals surface area contributed by atoms with E-state index in [9.17, 15) is 0 Å². The lowest BCUT2D eigenvalue weighted by Crippen LogP contribution is -2.28. The Balaban J connectivity index is 1.80. The summed E-state index contributed by atoms with van der Waals surface area (Å²) < 4.78 is 1.43. The van der Waals surface area contributed by atoms with Crippen molar-refractivity contribution in [2.75, 3.05) is 13.1 Å². The van der Waals surface area contributed by atoms with E-state index in [1.54, 1.807) is 0 Å². The van der Waals surface area contributed by atoms with Gasteiger partial charge in [-0.2, -0.15) is 0 Å². The average molecular weight is 245 g/mol. The van der Waals surface area contributed by atoms with Crippen LogP contribution in [0.15, 0.2) is 24.3 Å². The molecule has 0 bridgehead atoms. The normalized spacial score (nSPS) is 17.7. The summed E-state index contributed by atoms with van der Waals surface area (Å²) >= 11 is 1.96. The first-order chi connectivity index (χ1) is 8.31. The van der Waals surface area contributed by atoms with E-state index in [4.69, 9.17) is 0 Å². The molecule has 1 aliphatic heterocycles. The van der Waals surface area contributed by atoms with Crippen molar-refractivity contribution < 1.29 is 0 Å². The molecule has 17 heavy (non-hydrogen) atoms. The quantitative estimate of drug-likeness (QED) is 0.766. The van der Waals surface area contributed by atoms with Crippen molar-refractivity contribution in [3.63, 3.8) is 0 Å². The third-order valence-corrected chi connectivity index (χ3v) is 4.65. The molecule has 1 aliphatic rings. The Morgan fingerprint density at radius 2 is 1.94 bits per heavy atom. The minimum atomic E-state index is 1.15. The molecule has 0 atom stereocenters. The van der Waals surface area contributed by atoms with Gasteiger partial charge in [-0.05, 0) is 50.4 Å². The number of aryl methyl sites for hydroxylation is 1. The lowest BCUT2D eigenvalue weighted by molar-refractivity contribution is 0.223. The SMILES string of the molecule is Cc1ccc2sc(CN3CCCCC3)cc2c1. The molecule has 0 aliphatic carbocycles. The molecule has 2 heteroatoms. The van der Waals surface area contributed by atoms with Crippen LogP contribution in [-0.2, 0) is 6.54 Å². The first kappa shape index (κ1) is 11.2. The predicted octanol–water partition coefficient (Wildman–Crippen LogP) is 4.20. The van der Waals surface area contributed by atoms with Gasteiger partial charge in [0, 0.05) is 16.1 Å². The van der Waals surface area contributed by atoms with Crippen molar-refractivity contribution in [1.82, 2.24) is 4.90 Å². The number of rotatable bonds is 2. The molecule has 0 N–H and O–H groups in total. The highest BCUT2D eigenvalue weighted by atomic mass is 32.1. The topological polar surface area (TPSA) is 3.24 Å². The molecule has 3 rings (SSSR count). The van der Waals surface area contributed by atoms with Gasteiger partial charge in [-0.3, -0.25) is 4.90 Å². The Morgan fingerprint density at radius 1 is 1.12 bits per heavy atom. The lowest BCUT2D eigenvalue weighted by Gasteiger charge is -2.25. The molecule has 1 fully saturated rings. The Morgan fingerprint density at radius 3 is 2.76 bits per heavy atom. The summed E-state index contributed by atoms with van der Waals surface area (Å²) in [6.45, 7) is 5.89. The first-order valence-electron chi connectivity index (χ1n) is 6.53. The zero-order valence-electron chi connectivity index (χ0n) is 10.4. The van der Waals surface area contributed by atoms with Gasteiger partial charge in [-0.1, -0.05) is 24.1 Å². The first-order valence-corrected chi connectivity index (χ1v) is 7.34. The van der Waals surface area contributed by atoms with Gasteiger partial charge >= 0.3 is 0 Å². The van der Waals surface area contributed by atoms with Crippen LogP contribution in [0, 0.1) is 6.92 Å². The molecule has 90 valence electrons. The van der Waals surface area contributed by atoms with Crippen LogP contribution < -0.4 is 0 Å². The van der Waals surface area contributed by atoms with Crippen LogP contribution >= 0.6 is 11.3 Å². The second-order valence-electron chi connectivity index (χ2n) is 5.09. The molecule has 1 aromatic carbocycles. The Hall–Kier alpha value is -0.860. The fourth-order valence-corrected chi connectivity index (χ4v) is 3.72. The summed E-state index contributed by atoms with van der Waals surface area (Å²) in [6.07, 6.45) is 4.18. The number of benzene rings is 1.